The van der Waals surface area contributed by atoms with E-state index in [9.17, 15) is 4.39 Å². The summed E-state index contributed by atoms with van der Waals surface area (Å²) in [5, 5.41) is 8.78. The number of rotatable bonds is 5. The summed E-state index contributed by atoms with van der Waals surface area (Å²) >= 11 is 3.05. The summed E-state index contributed by atoms with van der Waals surface area (Å²) in [6.45, 7) is 0.414. The fourth-order valence-electron chi connectivity index (χ4n) is 1.74. The second kappa shape index (κ2) is 7.01. The van der Waals surface area contributed by atoms with E-state index < -0.39 is 5.82 Å². The molecule has 2 aromatic rings. The molecule has 102 valence electrons. The van der Waals surface area contributed by atoms with Crippen molar-refractivity contribution in [2.24, 2.45) is 0 Å². The number of benzene rings is 1. The zero-order valence-corrected chi connectivity index (χ0v) is 12.2. The van der Waals surface area contributed by atoms with Gasteiger partial charge in [0.25, 0.3) is 0 Å². The van der Waals surface area contributed by atoms with Gasteiger partial charge in [0.05, 0.1) is 16.6 Å². The van der Waals surface area contributed by atoms with Crippen LogP contribution in [0.1, 0.15) is 17.5 Å². The summed E-state index contributed by atoms with van der Waals surface area (Å²) in [7, 11) is 0. The van der Waals surface area contributed by atoms with Crippen LogP contribution in [-0.4, -0.2) is 11.6 Å². The first-order valence-electron chi connectivity index (χ1n) is 6.12. The van der Waals surface area contributed by atoms with Gasteiger partial charge in [-0.1, -0.05) is 0 Å². The molecule has 0 N–H and O–H groups in total. The van der Waals surface area contributed by atoms with Crippen molar-refractivity contribution in [1.82, 2.24) is 4.98 Å². The lowest BCUT2D eigenvalue weighted by Gasteiger charge is -2.08. The molecule has 0 amide bonds. The standard InChI is InChI=1S/C15H12BrFN2O/c16-14-12(10-18)3-4-13(15(14)17)20-9-1-2-11-5-7-19-8-6-11/h3-8H,1-2,9H2. The van der Waals surface area contributed by atoms with Crippen molar-refractivity contribution in [3.8, 4) is 11.8 Å². The average Bonchev–Trinajstić information content (AvgIpc) is 2.49. The molecule has 0 fully saturated rings. The fraction of sp³-hybridized carbons (Fsp3) is 0.200. The van der Waals surface area contributed by atoms with Gasteiger partial charge in [0.2, 0.25) is 0 Å². The minimum atomic E-state index is -0.534. The van der Waals surface area contributed by atoms with Crippen LogP contribution in [-0.2, 0) is 6.42 Å². The maximum Gasteiger partial charge on any atom is 0.180 e. The number of halogens is 2. The molecule has 0 atom stereocenters. The molecule has 0 bridgehead atoms. The smallest absolute Gasteiger partial charge is 0.180 e. The molecule has 3 nitrogen and oxygen atoms in total. The summed E-state index contributed by atoms with van der Waals surface area (Å²) < 4.78 is 19.4. The predicted molar refractivity (Wildman–Crippen MR) is 76.9 cm³/mol. The van der Waals surface area contributed by atoms with Crippen LogP contribution in [0.4, 0.5) is 4.39 Å². The van der Waals surface area contributed by atoms with E-state index in [1.54, 1.807) is 12.4 Å². The van der Waals surface area contributed by atoms with Crippen LogP contribution in [0, 0.1) is 17.1 Å². The van der Waals surface area contributed by atoms with E-state index >= 15 is 0 Å². The average molecular weight is 335 g/mol. The van der Waals surface area contributed by atoms with Gasteiger partial charge in [0, 0.05) is 12.4 Å². The first-order valence-corrected chi connectivity index (χ1v) is 6.91. The summed E-state index contributed by atoms with van der Waals surface area (Å²) in [5.41, 5.74) is 1.43. The van der Waals surface area contributed by atoms with Crippen LogP contribution >= 0.6 is 15.9 Å². The molecule has 2 rings (SSSR count). The Labute approximate surface area is 125 Å². The number of aryl methyl sites for hydroxylation is 1. The normalized spacial score (nSPS) is 10.1. The zero-order chi connectivity index (χ0) is 14.4. The van der Waals surface area contributed by atoms with Gasteiger partial charge in [0.15, 0.2) is 11.6 Å². The number of ether oxygens (including phenoxy) is 1. The number of pyridine rings is 1. The van der Waals surface area contributed by atoms with Crippen molar-refractivity contribution < 1.29 is 9.13 Å². The Morgan fingerprint density at radius 2 is 2.00 bits per heavy atom. The van der Waals surface area contributed by atoms with Gasteiger partial charge >= 0.3 is 0 Å². The van der Waals surface area contributed by atoms with Crippen molar-refractivity contribution in [3.63, 3.8) is 0 Å². The van der Waals surface area contributed by atoms with Crippen molar-refractivity contribution >= 4 is 15.9 Å². The van der Waals surface area contributed by atoms with Crippen LogP contribution in [0.15, 0.2) is 41.1 Å². The summed E-state index contributed by atoms with van der Waals surface area (Å²) in [6.07, 6.45) is 5.11. The first-order chi connectivity index (χ1) is 9.72. The molecule has 0 unspecified atom stereocenters. The van der Waals surface area contributed by atoms with Gasteiger partial charge in [-0.05, 0) is 58.6 Å². The van der Waals surface area contributed by atoms with Gasteiger partial charge < -0.3 is 4.74 Å². The van der Waals surface area contributed by atoms with Gasteiger partial charge in [-0.3, -0.25) is 4.98 Å². The van der Waals surface area contributed by atoms with Crippen LogP contribution in [0.2, 0.25) is 0 Å². The highest BCUT2D eigenvalue weighted by molar-refractivity contribution is 9.10. The van der Waals surface area contributed by atoms with Gasteiger partial charge in [-0.25, -0.2) is 4.39 Å². The van der Waals surface area contributed by atoms with Gasteiger partial charge in [-0.15, -0.1) is 0 Å². The molecule has 1 aromatic carbocycles. The third-order valence-electron chi connectivity index (χ3n) is 2.78. The van der Waals surface area contributed by atoms with E-state index in [0.717, 1.165) is 12.8 Å². The van der Waals surface area contributed by atoms with Gasteiger partial charge in [0.1, 0.15) is 6.07 Å². The van der Waals surface area contributed by atoms with E-state index in [2.05, 4.69) is 20.9 Å². The number of hydrogen-bond acceptors (Lipinski definition) is 3. The molecule has 0 saturated carbocycles. The van der Waals surface area contributed by atoms with Gasteiger partial charge in [-0.2, -0.15) is 5.26 Å². The quantitative estimate of drug-likeness (QED) is 0.780. The second-order valence-electron chi connectivity index (χ2n) is 4.16. The minimum Gasteiger partial charge on any atom is -0.490 e. The first kappa shape index (κ1) is 14.5. The highest BCUT2D eigenvalue weighted by atomic mass is 79.9. The number of hydrogen-bond donors (Lipinski definition) is 0. The van der Waals surface area contributed by atoms with Crippen LogP contribution in [0.25, 0.3) is 0 Å². The molecule has 0 aliphatic rings. The Morgan fingerprint density at radius 1 is 1.25 bits per heavy atom. The summed E-state index contributed by atoms with van der Waals surface area (Å²) in [5.74, 6) is -0.376. The summed E-state index contributed by atoms with van der Waals surface area (Å²) in [6, 6.07) is 8.80. The largest absolute Gasteiger partial charge is 0.490 e. The van der Waals surface area contributed by atoms with Crippen LogP contribution < -0.4 is 4.74 Å². The minimum absolute atomic E-state index is 0.145. The Kier molecular flexibility index (Phi) is 5.08. The highest BCUT2D eigenvalue weighted by Crippen LogP contribution is 2.28. The SMILES string of the molecule is N#Cc1ccc(OCCCc2ccncc2)c(F)c1Br. The Morgan fingerprint density at radius 3 is 2.70 bits per heavy atom. The summed E-state index contributed by atoms with van der Waals surface area (Å²) in [4.78, 5) is 3.95. The molecular formula is C15H12BrFN2O. The zero-order valence-electron chi connectivity index (χ0n) is 10.6. The molecular weight excluding hydrogens is 323 g/mol. The molecule has 1 heterocycles. The molecule has 1 aromatic heterocycles. The van der Waals surface area contributed by atoms with E-state index in [1.807, 2.05) is 18.2 Å². The third-order valence-corrected chi connectivity index (χ3v) is 3.56. The maximum absolute atomic E-state index is 13.9. The molecule has 20 heavy (non-hydrogen) atoms. The highest BCUT2D eigenvalue weighted by Gasteiger charge is 2.11. The van der Waals surface area contributed by atoms with E-state index in [1.165, 1.54) is 17.7 Å². The fourth-order valence-corrected chi connectivity index (χ4v) is 2.15. The maximum atomic E-state index is 13.9. The van der Waals surface area contributed by atoms with Crippen molar-refractivity contribution in [2.45, 2.75) is 12.8 Å². The molecule has 0 aliphatic carbocycles. The molecule has 0 aliphatic heterocycles. The van der Waals surface area contributed by atoms with E-state index in [4.69, 9.17) is 10.00 Å². The lowest BCUT2D eigenvalue weighted by Crippen LogP contribution is -2.02. The number of aromatic nitrogens is 1. The van der Waals surface area contributed by atoms with Crippen LogP contribution in [0.5, 0.6) is 5.75 Å². The van der Waals surface area contributed by atoms with Crippen LogP contribution in [0.3, 0.4) is 0 Å². The van der Waals surface area contributed by atoms with E-state index in [0.29, 0.717) is 6.61 Å². The monoisotopic (exact) mass is 334 g/mol. The Hall–Kier alpha value is -1.93. The molecule has 0 saturated heterocycles. The number of nitriles is 1. The van der Waals surface area contributed by atoms with Crippen molar-refractivity contribution in [1.29, 1.82) is 5.26 Å². The topological polar surface area (TPSA) is 45.9 Å². The van der Waals surface area contributed by atoms with E-state index in [-0.39, 0.29) is 15.8 Å². The molecule has 0 radical (unpaired) electrons. The Balaban J connectivity index is 1.89. The number of nitrogens with zero attached hydrogens (tertiary/aromatic N) is 2. The lowest BCUT2D eigenvalue weighted by molar-refractivity contribution is 0.295. The third kappa shape index (κ3) is 3.55. The Bertz CT molecular complexity index is 626. The van der Waals surface area contributed by atoms with Crippen molar-refractivity contribution in [2.75, 3.05) is 6.61 Å². The predicted octanol–water partition coefficient (Wildman–Crippen LogP) is 3.87. The van der Waals surface area contributed by atoms with Crippen molar-refractivity contribution in [3.05, 3.63) is 58.1 Å². The molecule has 0 spiro atoms. The molecule has 5 heteroatoms. The second-order valence-corrected chi connectivity index (χ2v) is 4.95. The lowest BCUT2D eigenvalue weighted by atomic mass is 10.1.